The van der Waals surface area contributed by atoms with Gasteiger partial charge in [0.2, 0.25) is 0 Å². The van der Waals surface area contributed by atoms with Crippen molar-refractivity contribution >= 4 is 16.8 Å². The summed E-state index contributed by atoms with van der Waals surface area (Å²) in [7, 11) is 1.68. The van der Waals surface area contributed by atoms with Crippen LogP contribution in [-0.2, 0) is 32.5 Å². The van der Waals surface area contributed by atoms with E-state index in [-0.39, 0.29) is 5.91 Å². The SMILES string of the molecule is COc1ccc(CCn2nc(C(=O)NC3CC3)c3c2CCN(Cc2c(C)[nH]c4ccccc24)C3)cc1. The fourth-order valence-electron chi connectivity index (χ4n) is 5.32. The molecule has 0 atom stereocenters. The van der Waals surface area contributed by atoms with E-state index in [2.05, 4.69) is 63.2 Å². The van der Waals surface area contributed by atoms with Gasteiger partial charge < -0.3 is 15.0 Å². The molecule has 7 heteroatoms. The molecule has 36 heavy (non-hydrogen) atoms. The molecule has 0 unspecified atom stereocenters. The van der Waals surface area contributed by atoms with Crippen LogP contribution in [-0.4, -0.2) is 45.3 Å². The van der Waals surface area contributed by atoms with Crippen molar-refractivity contribution in [3.63, 3.8) is 0 Å². The molecule has 0 bridgehead atoms. The molecule has 1 aliphatic carbocycles. The predicted octanol–water partition coefficient (Wildman–Crippen LogP) is 4.37. The quantitative estimate of drug-likeness (QED) is 0.390. The van der Waals surface area contributed by atoms with Gasteiger partial charge in [-0.2, -0.15) is 5.10 Å². The maximum atomic E-state index is 13.2. The van der Waals surface area contributed by atoms with E-state index in [4.69, 9.17) is 9.84 Å². The molecule has 1 amide bonds. The van der Waals surface area contributed by atoms with Crippen molar-refractivity contribution in [1.82, 2.24) is 25.0 Å². The van der Waals surface area contributed by atoms with Crippen LogP contribution in [0.1, 0.15) is 51.4 Å². The summed E-state index contributed by atoms with van der Waals surface area (Å²) >= 11 is 0. The Kier molecular flexibility index (Phi) is 6.01. The molecule has 0 spiro atoms. The molecular weight excluding hydrogens is 450 g/mol. The third-order valence-electron chi connectivity index (χ3n) is 7.52. The Morgan fingerprint density at radius 1 is 1.17 bits per heavy atom. The standard InChI is InChI=1S/C29H33N5O2/c1-19-24(23-5-3-4-6-26(23)30-19)17-33-15-14-27-25(18-33)28(29(35)31-21-9-10-21)32-34(27)16-13-20-7-11-22(36-2)12-8-20/h3-8,11-12,21,30H,9-10,13-18H2,1-2H3,(H,31,35). The van der Waals surface area contributed by atoms with Crippen LogP contribution in [0.5, 0.6) is 5.75 Å². The normalized spacial score (nSPS) is 15.7. The number of nitrogens with one attached hydrogen (secondary N) is 2. The molecule has 2 aromatic carbocycles. The van der Waals surface area contributed by atoms with Crippen molar-refractivity contribution in [3.8, 4) is 5.75 Å². The fraction of sp³-hybridized carbons (Fsp3) is 0.379. The number of aromatic nitrogens is 3. The van der Waals surface area contributed by atoms with Crippen molar-refractivity contribution in [2.45, 2.75) is 58.3 Å². The van der Waals surface area contributed by atoms with E-state index in [0.717, 1.165) is 63.2 Å². The summed E-state index contributed by atoms with van der Waals surface area (Å²) in [6.45, 7) is 5.45. The Hall–Kier alpha value is -3.58. The first kappa shape index (κ1) is 22.9. The van der Waals surface area contributed by atoms with Crippen molar-refractivity contribution in [1.29, 1.82) is 0 Å². The van der Waals surface area contributed by atoms with Crippen molar-refractivity contribution in [3.05, 3.63) is 82.3 Å². The summed E-state index contributed by atoms with van der Waals surface area (Å²) in [5.74, 6) is 0.835. The highest BCUT2D eigenvalue weighted by Crippen LogP contribution is 2.29. The van der Waals surface area contributed by atoms with E-state index in [1.807, 2.05) is 12.1 Å². The summed E-state index contributed by atoms with van der Waals surface area (Å²) in [6, 6.07) is 17.0. The number of carbonyl (C=O) groups excluding carboxylic acids is 1. The molecular formula is C29H33N5O2. The van der Waals surface area contributed by atoms with Crippen molar-refractivity contribution in [2.24, 2.45) is 0 Å². The van der Waals surface area contributed by atoms with Crippen LogP contribution >= 0.6 is 0 Å². The maximum absolute atomic E-state index is 13.2. The molecule has 186 valence electrons. The zero-order valence-corrected chi connectivity index (χ0v) is 21.0. The van der Waals surface area contributed by atoms with Crippen molar-refractivity contribution < 1.29 is 9.53 Å². The topological polar surface area (TPSA) is 75.2 Å². The predicted molar refractivity (Wildman–Crippen MR) is 140 cm³/mol. The van der Waals surface area contributed by atoms with E-state index in [1.54, 1.807) is 7.11 Å². The summed E-state index contributed by atoms with van der Waals surface area (Å²) in [4.78, 5) is 19.1. The zero-order chi connectivity index (χ0) is 24.6. The van der Waals surface area contributed by atoms with Crippen LogP contribution in [0.4, 0.5) is 0 Å². The van der Waals surface area contributed by atoms with Gasteiger partial charge in [0.15, 0.2) is 5.69 Å². The molecule has 3 heterocycles. The molecule has 1 saturated carbocycles. The maximum Gasteiger partial charge on any atom is 0.272 e. The van der Waals surface area contributed by atoms with Gasteiger partial charge in [-0.1, -0.05) is 30.3 Å². The number of carbonyl (C=O) groups is 1. The Balaban J connectivity index is 1.25. The molecule has 1 aliphatic heterocycles. The highest BCUT2D eigenvalue weighted by atomic mass is 16.5. The van der Waals surface area contributed by atoms with E-state index in [0.29, 0.717) is 11.7 Å². The number of rotatable bonds is 8. The third-order valence-corrected chi connectivity index (χ3v) is 7.52. The van der Waals surface area contributed by atoms with Crippen LogP contribution < -0.4 is 10.1 Å². The van der Waals surface area contributed by atoms with Crippen LogP contribution in [0.2, 0.25) is 0 Å². The molecule has 2 aromatic heterocycles. The summed E-state index contributed by atoms with van der Waals surface area (Å²) < 4.78 is 7.36. The highest BCUT2D eigenvalue weighted by Gasteiger charge is 2.31. The Labute approximate surface area is 211 Å². The minimum atomic E-state index is -0.0259. The van der Waals surface area contributed by atoms with Gasteiger partial charge in [-0.15, -0.1) is 0 Å². The first-order valence-electron chi connectivity index (χ1n) is 12.9. The summed E-state index contributed by atoms with van der Waals surface area (Å²) in [5.41, 5.74) is 7.86. The van der Waals surface area contributed by atoms with Crippen LogP contribution in [0.3, 0.4) is 0 Å². The average Bonchev–Trinajstić information content (AvgIpc) is 3.56. The Bertz CT molecular complexity index is 1400. The molecule has 2 N–H and O–H groups in total. The molecule has 6 rings (SSSR count). The average molecular weight is 484 g/mol. The number of hydrogen-bond acceptors (Lipinski definition) is 4. The molecule has 0 radical (unpaired) electrons. The smallest absolute Gasteiger partial charge is 0.272 e. The number of para-hydroxylation sites is 1. The Morgan fingerprint density at radius 3 is 2.75 bits per heavy atom. The second kappa shape index (κ2) is 9.47. The minimum absolute atomic E-state index is 0.0259. The first-order chi connectivity index (χ1) is 17.6. The summed E-state index contributed by atoms with van der Waals surface area (Å²) in [5, 5.41) is 9.31. The second-order valence-corrected chi connectivity index (χ2v) is 10.1. The van der Waals surface area contributed by atoms with Gasteiger partial charge in [-0.3, -0.25) is 14.4 Å². The number of aryl methyl sites for hydroxylation is 3. The largest absolute Gasteiger partial charge is 0.497 e. The minimum Gasteiger partial charge on any atom is -0.497 e. The van der Waals surface area contributed by atoms with Crippen molar-refractivity contribution in [2.75, 3.05) is 13.7 Å². The highest BCUT2D eigenvalue weighted by molar-refractivity contribution is 5.94. The third kappa shape index (κ3) is 4.51. The molecule has 0 saturated heterocycles. The van der Waals surface area contributed by atoms with E-state index in [1.165, 1.54) is 33.4 Å². The molecule has 7 nitrogen and oxygen atoms in total. The first-order valence-corrected chi connectivity index (χ1v) is 12.9. The number of benzene rings is 2. The van der Waals surface area contributed by atoms with Gasteiger partial charge in [0.1, 0.15) is 5.75 Å². The lowest BCUT2D eigenvalue weighted by atomic mass is 10.0. The zero-order valence-electron chi connectivity index (χ0n) is 21.0. The van der Waals surface area contributed by atoms with Crippen LogP contribution in [0.25, 0.3) is 10.9 Å². The lowest BCUT2D eigenvalue weighted by Gasteiger charge is -2.28. The number of fused-ring (bicyclic) bond motifs is 2. The fourth-order valence-corrected chi connectivity index (χ4v) is 5.32. The number of H-pyrrole nitrogens is 1. The number of aromatic amines is 1. The number of nitrogens with zero attached hydrogens (tertiary/aromatic N) is 3. The number of hydrogen-bond donors (Lipinski definition) is 2. The lowest BCUT2D eigenvalue weighted by Crippen LogP contribution is -2.33. The Morgan fingerprint density at radius 2 is 1.97 bits per heavy atom. The molecule has 2 aliphatic rings. The van der Waals surface area contributed by atoms with E-state index >= 15 is 0 Å². The van der Waals surface area contributed by atoms with E-state index in [9.17, 15) is 4.79 Å². The summed E-state index contributed by atoms with van der Waals surface area (Å²) in [6.07, 6.45) is 3.89. The molecule has 1 fully saturated rings. The lowest BCUT2D eigenvalue weighted by molar-refractivity contribution is 0.0943. The van der Waals surface area contributed by atoms with Gasteiger partial charge in [0.25, 0.3) is 5.91 Å². The molecule has 4 aromatic rings. The number of methoxy groups -OCH3 is 1. The monoisotopic (exact) mass is 483 g/mol. The van der Waals surface area contributed by atoms with Gasteiger partial charge >= 0.3 is 0 Å². The van der Waals surface area contributed by atoms with Gasteiger partial charge in [0, 0.05) is 66.5 Å². The van der Waals surface area contributed by atoms with Crippen LogP contribution in [0, 0.1) is 6.92 Å². The van der Waals surface area contributed by atoms with Gasteiger partial charge in [-0.25, -0.2) is 0 Å². The van der Waals surface area contributed by atoms with Crippen LogP contribution in [0.15, 0.2) is 48.5 Å². The van der Waals surface area contributed by atoms with Gasteiger partial charge in [-0.05, 0) is 55.5 Å². The van der Waals surface area contributed by atoms with E-state index < -0.39 is 0 Å². The van der Waals surface area contributed by atoms with Gasteiger partial charge in [0.05, 0.1) is 7.11 Å². The number of ether oxygens (including phenoxy) is 1. The second-order valence-electron chi connectivity index (χ2n) is 10.1. The number of amides is 1.